The number of rotatable bonds is 4. The van der Waals surface area contributed by atoms with Gasteiger partial charge >= 0.3 is 0 Å². The first-order valence-electron chi connectivity index (χ1n) is 6.91. The average molecular weight is 254 g/mol. The third-order valence-corrected chi connectivity index (χ3v) is 3.87. The van der Waals surface area contributed by atoms with E-state index in [4.69, 9.17) is 0 Å². The number of pyridine rings is 1. The lowest BCUT2D eigenvalue weighted by Crippen LogP contribution is -2.10. The number of fused-ring (bicyclic) bond motifs is 1. The van der Waals surface area contributed by atoms with Gasteiger partial charge in [-0.25, -0.2) is 0 Å². The topological polar surface area (TPSA) is 42.0 Å². The second-order valence-corrected chi connectivity index (χ2v) is 5.23. The van der Waals surface area contributed by atoms with Crippen molar-refractivity contribution in [3.63, 3.8) is 0 Å². The number of aromatic nitrogens is 1. The van der Waals surface area contributed by atoms with Gasteiger partial charge in [-0.3, -0.25) is 9.78 Å². The predicted octanol–water partition coefficient (Wildman–Crippen LogP) is 2.81. The van der Waals surface area contributed by atoms with Gasteiger partial charge in [0, 0.05) is 23.6 Å². The Morgan fingerprint density at radius 2 is 2.32 bits per heavy atom. The van der Waals surface area contributed by atoms with Crippen LogP contribution in [-0.4, -0.2) is 23.9 Å². The van der Waals surface area contributed by atoms with Gasteiger partial charge < -0.3 is 5.32 Å². The first-order valence-corrected chi connectivity index (χ1v) is 6.91. The molecule has 1 saturated heterocycles. The van der Waals surface area contributed by atoms with Crippen LogP contribution in [0.5, 0.6) is 0 Å². The van der Waals surface area contributed by atoms with E-state index in [2.05, 4.69) is 10.3 Å². The largest absolute Gasteiger partial charge is 0.316 e. The second-order valence-electron chi connectivity index (χ2n) is 5.23. The fourth-order valence-corrected chi connectivity index (χ4v) is 2.68. The van der Waals surface area contributed by atoms with Crippen molar-refractivity contribution in [1.82, 2.24) is 10.3 Å². The molecule has 0 aliphatic carbocycles. The van der Waals surface area contributed by atoms with Crippen LogP contribution in [-0.2, 0) is 0 Å². The third-order valence-electron chi connectivity index (χ3n) is 3.87. The summed E-state index contributed by atoms with van der Waals surface area (Å²) in [7, 11) is 0. The monoisotopic (exact) mass is 254 g/mol. The molecule has 1 fully saturated rings. The smallest absolute Gasteiger partial charge is 0.162 e. The van der Waals surface area contributed by atoms with Crippen molar-refractivity contribution in [2.75, 3.05) is 13.1 Å². The van der Waals surface area contributed by atoms with Gasteiger partial charge in [-0.05, 0) is 44.0 Å². The van der Waals surface area contributed by atoms with Crippen molar-refractivity contribution in [1.29, 1.82) is 0 Å². The molecule has 2 aromatic rings. The first kappa shape index (κ1) is 12.3. The number of ketones is 1. The summed E-state index contributed by atoms with van der Waals surface area (Å²) in [5.74, 6) is 0.905. The molecular weight excluding hydrogens is 236 g/mol. The molecule has 0 spiro atoms. The van der Waals surface area contributed by atoms with E-state index < -0.39 is 0 Å². The Morgan fingerprint density at radius 3 is 3.16 bits per heavy atom. The van der Waals surface area contributed by atoms with Crippen molar-refractivity contribution in [2.24, 2.45) is 5.92 Å². The highest BCUT2D eigenvalue weighted by Crippen LogP contribution is 2.18. The Morgan fingerprint density at radius 1 is 1.37 bits per heavy atom. The maximum Gasteiger partial charge on any atom is 0.162 e. The average Bonchev–Trinajstić information content (AvgIpc) is 2.97. The molecule has 1 N–H and O–H groups in total. The number of Topliss-reactive ketones (excluding diaryl/α,β-unsaturated/α-hetero) is 1. The maximum atomic E-state index is 12.2. The summed E-state index contributed by atoms with van der Waals surface area (Å²) in [6.45, 7) is 2.16. The zero-order valence-electron chi connectivity index (χ0n) is 10.9. The van der Waals surface area contributed by atoms with E-state index in [0.29, 0.717) is 12.3 Å². The highest BCUT2D eigenvalue weighted by Gasteiger charge is 2.16. The van der Waals surface area contributed by atoms with Gasteiger partial charge in [0.15, 0.2) is 5.78 Å². The van der Waals surface area contributed by atoms with Crippen LogP contribution in [0.15, 0.2) is 36.5 Å². The SMILES string of the molecule is O=C(CCC1CCNC1)c1ccc2cccnc2c1. The van der Waals surface area contributed by atoms with Gasteiger partial charge in [0.2, 0.25) is 0 Å². The van der Waals surface area contributed by atoms with E-state index >= 15 is 0 Å². The lowest BCUT2D eigenvalue weighted by molar-refractivity contribution is 0.0975. The molecule has 0 saturated carbocycles. The number of hydrogen-bond acceptors (Lipinski definition) is 3. The van der Waals surface area contributed by atoms with Gasteiger partial charge in [-0.15, -0.1) is 0 Å². The van der Waals surface area contributed by atoms with Gasteiger partial charge in [-0.2, -0.15) is 0 Å². The van der Waals surface area contributed by atoms with E-state index in [-0.39, 0.29) is 5.78 Å². The molecule has 98 valence electrons. The van der Waals surface area contributed by atoms with Crippen LogP contribution in [0.4, 0.5) is 0 Å². The molecule has 1 unspecified atom stereocenters. The molecular formula is C16H18N2O. The Bertz CT molecular complexity index is 588. The van der Waals surface area contributed by atoms with Crippen molar-refractivity contribution >= 4 is 16.7 Å². The lowest BCUT2D eigenvalue weighted by atomic mass is 9.97. The van der Waals surface area contributed by atoms with Crippen molar-refractivity contribution < 1.29 is 4.79 Å². The molecule has 1 atom stereocenters. The molecule has 1 aromatic carbocycles. The zero-order valence-corrected chi connectivity index (χ0v) is 10.9. The number of carbonyl (C=O) groups is 1. The minimum Gasteiger partial charge on any atom is -0.316 e. The van der Waals surface area contributed by atoms with Crippen LogP contribution in [0.2, 0.25) is 0 Å². The third kappa shape index (κ3) is 2.82. The number of nitrogens with zero attached hydrogens (tertiary/aromatic N) is 1. The highest BCUT2D eigenvalue weighted by atomic mass is 16.1. The Hall–Kier alpha value is -1.74. The molecule has 1 aromatic heterocycles. The second kappa shape index (κ2) is 5.49. The summed E-state index contributed by atoms with van der Waals surface area (Å²) >= 11 is 0. The normalized spacial score (nSPS) is 18.8. The summed E-state index contributed by atoms with van der Waals surface area (Å²) in [6, 6.07) is 9.73. The van der Waals surface area contributed by atoms with E-state index in [1.165, 1.54) is 6.42 Å². The van der Waals surface area contributed by atoms with E-state index in [0.717, 1.165) is 36.0 Å². The number of hydrogen-bond donors (Lipinski definition) is 1. The lowest BCUT2D eigenvalue weighted by Gasteiger charge is -2.07. The van der Waals surface area contributed by atoms with Crippen LogP contribution in [0, 0.1) is 5.92 Å². The minimum atomic E-state index is 0.236. The highest BCUT2D eigenvalue weighted by molar-refractivity contribution is 5.99. The van der Waals surface area contributed by atoms with Gasteiger partial charge in [0.1, 0.15) is 0 Å². The first-order chi connectivity index (χ1) is 9.33. The van der Waals surface area contributed by atoms with E-state index in [1.807, 2.05) is 30.3 Å². The maximum absolute atomic E-state index is 12.2. The molecule has 0 bridgehead atoms. The molecule has 0 radical (unpaired) electrons. The van der Waals surface area contributed by atoms with Crippen LogP contribution < -0.4 is 5.32 Å². The van der Waals surface area contributed by atoms with Crippen molar-refractivity contribution in [3.8, 4) is 0 Å². The summed E-state index contributed by atoms with van der Waals surface area (Å²) < 4.78 is 0. The molecule has 3 rings (SSSR count). The van der Waals surface area contributed by atoms with Crippen LogP contribution in [0.3, 0.4) is 0 Å². The van der Waals surface area contributed by atoms with Crippen molar-refractivity contribution in [3.05, 3.63) is 42.1 Å². The fourth-order valence-electron chi connectivity index (χ4n) is 2.68. The van der Waals surface area contributed by atoms with Crippen LogP contribution >= 0.6 is 0 Å². The number of benzene rings is 1. The summed E-state index contributed by atoms with van der Waals surface area (Å²) in [5, 5.41) is 4.42. The molecule has 0 amide bonds. The van der Waals surface area contributed by atoms with E-state index in [9.17, 15) is 4.79 Å². The van der Waals surface area contributed by atoms with Gasteiger partial charge in [0.25, 0.3) is 0 Å². The molecule has 19 heavy (non-hydrogen) atoms. The van der Waals surface area contributed by atoms with Gasteiger partial charge in [0.05, 0.1) is 5.52 Å². The van der Waals surface area contributed by atoms with Gasteiger partial charge in [-0.1, -0.05) is 18.2 Å². The van der Waals surface area contributed by atoms with E-state index in [1.54, 1.807) is 6.20 Å². The van der Waals surface area contributed by atoms with Crippen LogP contribution in [0.1, 0.15) is 29.6 Å². The Kier molecular flexibility index (Phi) is 3.56. The molecule has 3 nitrogen and oxygen atoms in total. The predicted molar refractivity (Wildman–Crippen MR) is 76.3 cm³/mol. The summed E-state index contributed by atoms with van der Waals surface area (Å²) in [5.41, 5.74) is 1.69. The standard InChI is InChI=1S/C16H18N2O/c19-16(6-3-12-7-9-17-11-12)14-5-4-13-2-1-8-18-15(13)10-14/h1-2,4-5,8,10,12,17H,3,6-7,9,11H2. The summed E-state index contributed by atoms with van der Waals surface area (Å²) in [4.78, 5) is 16.5. The summed E-state index contributed by atoms with van der Waals surface area (Å²) in [6.07, 6.45) is 4.60. The number of carbonyl (C=O) groups excluding carboxylic acids is 1. The zero-order chi connectivity index (χ0) is 13.1. The Labute approximate surface area is 113 Å². The molecule has 2 heterocycles. The molecule has 3 heteroatoms. The molecule has 1 aliphatic heterocycles. The quantitative estimate of drug-likeness (QED) is 0.853. The number of nitrogens with one attached hydrogen (secondary N) is 1. The molecule has 1 aliphatic rings. The minimum absolute atomic E-state index is 0.236. The fraction of sp³-hybridized carbons (Fsp3) is 0.375. The van der Waals surface area contributed by atoms with Crippen molar-refractivity contribution in [2.45, 2.75) is 19.3 Å². The van der Waals surface area contributed by atoms with Crippen LogP contribution in [0.25, 0.3) is 10.9 Å². The Balaban J connectivity index is 1.70.